The molecule has 5 heteroatoms. The monoisotopic (exact) mass is 198 g/mol. The van der Waals surface area contributed by atoms with E-state index in [2.05, 4.69) is 15.0 Å². The molecule has 0 bridgehead atoms. The van der Waals surface area contributed by atoms with Crippen LogP contribution in [0.15, 0.2) is 16.9 Å². The van der Waals surface area contributed by atoms with Crippen molar-refractivity contribution in [1.82, 2.24) is 10.5 Å². The summed E-state index contributed by atoms with van der Waals surface area (Å²) in [5.74, 6) is -0.0890. The van der Waals surface area contributed by atoms with Crippen molar-refractivity contribution < 1.29 is 14.4 Å². The molecule has 0 aliphatic heterocycles. The first-order valence-electron chi connectivity index (χ1n) is 4.52. The Morgan fingerprint density at radius 2 is 2.57 bits per heavy atom. The van der Waals surface area contributed by atoms with Gasteiger partial charge in [-0.15, -0.1) is 0 Å². The zero-order chi connectivity index (χ0) is 10.4. The van der Waals surface area contributed by atoms with Gasteiger partial charge >= 0.3 is 0 Å². The van der Waals surface area contributed by atoms with Crippen molar-refractivity contribution in [2.45, 2.75) is 32.4 Å². The van der Waals surface area contributed by atoms with Crippen molar-refractivity contribution in [3.05, 3.63) is 18.0 Å². The maximum Gasteiger partial charge on any atom is 0.220 e. The molecule has 1 rings (SSSR count). The molecule has 0 radical (unpaired) electrons. The molecule has 1 aromatic heterocycles. The van der Waals surface area contributed by atoms with Gasteiger partial charge in [-0.1, -0.05) is 5.16 Å². The molecule has 0 saturated heterocycles. The summed E-state index contributed by atoms with van der Waals surface area (Å²) in [5.41, 5.74) is 0.690. The molecule has 0 aromatic carbocycles. The molecule has 5 nitrogen and oxygen atoms in total. The molecule has 1 heterocycles. The van der Waals surface area contributed by atoms with Gasteiger partial charge in [0.15, 0.2) is 0 Å². The number of aromatic nitrogens is 1. The van der Waals surface area contributed by atoms with Crippen LogP contribution < -0.4 is 5.32 Å². The first kappa shape index (κ1) is 10.7. The van der Waals surface area contributed by atoms with Crippen LogP contribution in [0.1, 0.15) is 25.5 Å². The maximum absolute atomic E-state index is 11.2. The van der Waals surface area contributed by atoms with Crippen LogP contribution in [0.2, 0.25) is 0 Å². The fraction of sp³-hybridized carbons (Fsp3) is 0.556. The highest BCUT2D eigenvalue weighted by molar-refractivity contribution is 5.75. The van der Waals surface area contributed by atoms with E-state index in [9.17, 15) is 4.79 Å². The number of nitrogens with zero attached hydrogens (tertiary/aromatic N) is 1. The third kappa shape index (κ3) is 4.04. The number of amides is 1. The van der Waals surface area contributed by atoms with Gasteiger partial charge in [0.1, 0.15) is 12.0 Å². The minimum Gasteiger partial charge on any atom is -0.393 e. The Morgan fingerprint density at radius 3 is 3.14 bits per heavy atom. The summed E-state index contributed by atoms with van der Waals surface area (Å²) >= 11 is 0. The Hall–Kier alpha value is -1.36. The minimum absolute atomic E-state index is 0.0890. The SMILES string of the molecule is CC(O)CCC(=O)NCc1ccon1. The van der Waals surface area contributed by atoms with Crippen LogP contribution in [0.4, 0.5) is 0 Å². The Bertz CT molecular complexity index is 270. The van der Waals surface area contributed by atoms with Crippen LogP contribution in [-0.2, 0) is 11.3 Å². The van der Waals surface area contributed by atoms with Crippen molar-refractivity contribution in [2.75, 3.05) is 0 Å². The molecular weight excluding hydrogens is 184 g/mol. The number of hydrogen-bond acceptors (Lipinski definition) is 4. The quantitative estimate of drug-likeness (QED) is 0.720. The van der Waals surface area contributed by atoms with Gasteiger partial charge in [-0.05, 0) is 13.3 Å². The van der Waals surface area contributed by atoms with Gasteiger partial charge in [0, 0.05) is 12.5 Å². The second-order valence-corrected chi connectivity index (χ2v) is 3.16. The standard InChI is InChI=1S/C9H14N2O3/c1-7(12)2-3-9(13)10-6-8-4-5-14-11-8/h4-5,7,12H,2-3,6H2,1H3,(H,10,13). The van der Waals surface area contributed by atoms with E-state index in [1.807, 2.05) is 0 Å². The number of aliphatic hydroxyl groups is 1. The minimum atomic E-state index is -0.437. The number of carbonyl (C=O) groups excluding carboxylic acids is 1. The lowest BCUT2D eigenvalue weighted by atomic mass is 10.2. The van der Waals surface area contributed by atoms with Gasteiger partial charge < -0.3 is 14.9 Å². The van der Waals surface area contributed by atoms with Gasteiger partial charge in [0.25, 0.3) is 0 Å². The lowest BCUT2D eigenvalue weighted by Crippen LogP contribution is -2.23. The lowest BCUT2D eigenvalue weighted by molar-refractivity contribution is -0.121. The van der Waals surface area contributed by atoms with E-state index in [-0.39, 0.29) is 5.91 Å². The molecule has 0 fully saturated rings. The Balaban J connectivity index is 2.15. The van der Waals surface area contributed by atoms with E-state index in [1.165, 1.54) is 6.26 Å². The molecule has 1 amide bonds. The molecule has 0 aliphatic carbocycles. The predicted molar refractivity (Wildman–Crippen MR) is 49.3 cm³/mol. The van der Waals surface area contributed by atoms with Crippen molar-refractivity contribution in [3.8, 4) is 0 Å². The topological polar surface area (TPSA) is 75.4 Å². The highest BCUT2D eigenvalue weighted by Gasteiger charge is 2.04. The molecule has 0 aliphatic rings. The lowest BCUT2D eigenvalue weighted by Gasteiger charge is -2.04. The van der Waals surface area contributed by atoms with E-state index in [0.717, 1.165) is 0 Å². The zero-order valence-electron chi connectivity index (χ0n) is 8.06. The predicted octanol–water partition coefficient (Wildman–Crippen LogP) is 0.452. The van der Waals surface area contributed by atoms with Crippen LogP contribution in [0, 0.1) is 0 Å². The Kier molecular flexibility index (Phi) is 4.12. The Morgan fingerprint density at radius 1 is 1.79 bits per heavy atom. The molecule has 0 saturated carbocycles. The first-order chi connectivity index (χ1) is 6.68. The van der Waals surface area contributed by atoms with Crippen LogP contribution >= 0.6 is 0 Å². The number of rotatable bonds is 5. The van der Waals surface area contributed by atoms with Crippen molar-refractivity contribution in [3.63, 3.8) is 0 Å². The largest absolute Gasteiger partial charge is 0.393 e. The highest BCUT2D eigenvalue weighted by atomic mass is 16.5. The maximum atomic E-state index is 11.2. The second kappa shape index (κ2) is 5.39. The van der Waals surface area contributed by atoms with Gasteiger partial charge in [0.05, 0.1) is 12.6 Å². The summed E-state index contributed by atoms with van der Waals surface area (Å²) in [4.78, 5) is 11.2. The smallest absolute Gasteiger partial charge is 0.220 e. The van der Waals surface area contributed by atoms with Gasteiger partial charge in [0.2, 0.25) is 5.91 Å². The fourth-order valence-corrected chi connectivity index (χ4v) is 0.946. The van der Waals surface area contributed by atoms with Crippen molar-refractivity contribution >= 4 is 5.91 Å². The molecule has 1 atom stereocenters. The highest BCUT2D eigenvalue weighted by Crippen LogP contribution is 1.97. The van der Waals surface area contributed by atoms with Crippen LogP contribution in [0.5, 0.6) is 0 Å². The normalized spacial score (nSPS) is 12.4. The Labute approximate surface area is 82.1 Å². The van der Waals surface area contributed by atoms with E-state index in [0.29, 0.717) is 25.1 Å². The average Bonchev–Trinajstić information content (AvgIpc) is 2.63. The number of aliphatic hydroxyl groups excluding tert-OH is 1. The van der Waals surface area contributed by atoms with Crippen molar-refractivity contribution in [2.24, 2.45) is 0 Å². The fourth-order valence-electron chi connectivity index (χ4n) is 0.946. The third-order valence-electron chi connectivity index (χ3n) is 1.75. The van der Waals surface area contributed by atoms with Crippen LogP contribution in [0.3, 0.4) is 0 Å². The molecule has 1 unspecified atom stereocenters. The summed E-state index contributed by atoms with van der Waals surface area (Å²) in [6.45, 7) is 2.03. The van der Waals surface area contributed by atoms with E-state index < -0.39 is 6.10 Å². The third-order valence-corrected chi connectivity index (χ3v) is 1.75. The van der Waals surface area contributed by atoms with E-state index in [4.69, 9.17) is 5.11 Å². The first-order valence-corrected chi connectivity index (χ1v) is 4.52. The average molecular weight is 198 g/mol. The van der Waals surface area contributed by atoms with Gasteiger partial charge in [-0.3, -0.25) is 4.79 Å². The van der Waals surface area contributed by atoms with Crippen molar-refractivity contribution in [1.29, 1.82) is 0 Å². The zero-order valence-corrected chi connectivity index (χ0v) is 8.06. The summed E-state index contributed by atoms with van der Waals surface area (Å²) < 4.78 is 4.60. The van der Waals surface area contributed by atoms with Crippen LogP contribution in [-0.4, -0.2) is 22.3 Å². The number of carbonyl (C=O) groups is 1. The summed E-state index contributed by atoms with van der Waals surface area (Å²) in [6.07, 6.45) is 1.82. The van der Waals surface area contributed by atoms with Crippen LogP contribution in [0.25, 0.3) is 0 Å². The number of hydrogen-bond donors (Lipinski definition) is 2. The summed E-state index contributed by atoms with van der Waals surface area (Å²) in [7, 11) is 0. The summed E-state index contributed by atoms with van der Waals surface area (Å²) in [6, 6.07) is 1.69. The molecular formula is C9H14N2O3. The van der Waals surface area contributed by atoms with E-state index in [1.54, 1.807) is 13.0 Å². The van der Waals surface area contributed by atoms with Gasteiger partial charge in [-0.2, -0.15) is 0 Å². The molecule has 0 spiro atoms. The number of nitrogens with one attached hydrogen (secondary N) is 1. The molecule has 78 valence electrons. The molecule has 1 aromatic rings. The summed E-state index contributed by atoms with van der Waals surface area (Å²) in [5, 5.41) is 15.3. The second-order valence-electron chi connectivity index (χ2n) is 3.16. The molecule has 14 heavy (non-hydrogen) atoms. The molecule has 2 N–H and O–H groups in total. The van der Waals surface area contributed by atoms with E-state index >= 15 is 0 Å². The van der Waals surface area contributed by atoms with Gasteiger partial charge in [-0.25, -0.2) is 0 Å².